The topological polar surface area (TPSA) is 47.3 Å². The molecular weight excluding hydrogens is 248 g/mol. The number of aryl methyl sites for hydroxylation is 2. The number of nitrogens with two attached hydrogens (primary N) is 1. The van der Waals surface area contributed by atoms with Gasteiger partial charge in [-0.2, -0.15) is 0 Å². The van der Waals surface area contributed by atoms with Crippen LogP contribution in [0.3, 0.4) is 0 Å². The quantitative estimate of drug-likeness (QED) is 0.875. The first-order valence-electron chi connectivity index (χ1n) is 6.81. The molecule has 2 rings (SSSR count). The molecule has 0 amide bonds. The van der Waals surface area contributed by atoms with E-state index in [4.69, 9.17) is 10.5 Å². The Labute approximate surface area is 120 Å². The van der Waals surface area contributed by atoms with Gasteiger partial charge in [-0.25, -0.2) is 0 Å². The van der Waals surface area contributed by atoms with Crippen molar-refractivity contribution in [3.63, 3.8) is 0 Å². The molecule has 0 spiro atoms. The summed E-state index contributed by atoms with van der Waals surface area (Å²) < 4.78 is 5.24. The monoisotopic (exact) mass is 270 g/mol. The lowest BCUT2D eigenvalue weighted by Gasteiger charge is -2.20. The molecular formula is C17H22N2O. The molecule has 0 heterocycles. The largest absolute Gasteiger partial charge is 0.497 e. The lowest BCUT2D eigenvalue weighted by molar-refractivity contribution is 0.415. The third-order valence-electron chi connectivity index (χ3n) is 3.29. The first-order chi connectivity index (χ1) is 9.62. The number of ether oxygens (including phenoxy) is 1. The number of nitrogens with one attached hydrogen (secondary N) is 1. The van der Waals surface area contributed by atoms with E-state index < -0.39 is 0 Å². The van der Waals surface area contributed by atoms with Crippen molar-refractivity contribution in [1.29, 1.82) is 0 Å². The molecule has 3 nitrogen and oxygen atoms in total. The van der Waals surface area contributed by atoms with Gasteiger partial charge in [0, 0.05) is 18.3 Å². The molecule has 0 aliphatic rings. The van der Waals surface area contributed by atoms with Crippen LogP contribution in [0.2, 0.25) is 0 Å². The number of benzene rings is 2. The predicted molar refractivity (Wildman–Crippen MR) is 84.3 cm³/mol. The molecule has 1 atom stereocenters. The summed E-state index contributed by atoms with van der Waals surface area (Å²) in [4.78, 5) is 0. The summed E-state index contributed by atoms with van der Waals surface area (Å²) >= 11 is 0. The molecule has 2 aromatic rings. The summed E-state index contributed by atoms with van der Waals surface area (Å²) in [7, 11) is 1.67. The molecule has 2 aromatic carbocycles. The van der Waals surface area contributed by atoms with Crippen LogP contribution in [0.1, 0.15) is 22.7 Å². The maximum absolute atomic E-state index is 5.93. The van der Waals surface area contributed by atoms with Gasteiger partial charge in [0.1, 0.15) is 5.75 Å². The summed E-state index contributed by atoms with van der Waals surface area (Å²) in [5.74, 6) is 0.839. The van der Waals surface area contributed by atoms with Gasteiger partial charge in [0.05, 0.1) is 13.2 Å². The number of rotatable bonds is 5. The van der Waals surface area contributed by atoms with Crippen molar-refractivity contribution < 1.29 is 4.74 Å². The standard InChI is InChI=1S/C17H22N2O/c1-12-7-13(2)9-14(8-12)17(11-18)19-15-5-4-6-16(10-15)20-3/h4-10,17,19H,11,18H2,1-3H3. The summed E-state index contributed by atoms with van der Waals surface area (Å²) in [6.45, 7) is 4.76. The van der Waals surface area contributed by atoms with E-state index in [9.17, 15) is 0 Å². The van der Waals surface area contributed by atoms with Crippen LogP contribution in [0, 0.1) is 13.8 Å². The second-order valence-corrected chi connectivity index (χ2v) is 5.09. The minimum Gasteiger partial charge on any atom is -0.497 e. The van der Waals surface area contributed by atoms with Gasteiger partial charge in [0.2, 0.25) is 0 Å². The fourth-order valence-corrected chi connectivity index (χ4v) is 2.40. The Morgan fingerprint density at radius 2 is 1.80 bits per heavy atom. The number of anilines is 1. The molecule has 0 fully saturated rings. The van der Waals surface area contributed by atoms with Crippen LogP contribution in [0.5, 0.6) is 5.75 Å². The molecule has 0 bridgehead atoms. The van der Waals surface area contributed by atoms with Crippen molar-refractivity contribution in [2.75, 3.05) is 19.0 Å². The molecule has 3 N–H and O–H groups in total. The van der Waals surface area contributed by atoms with E-state index in [-0.39, 0.29) is 6.04 Å². The fraction of sp³-hybridized carbons (Fsp3) is 0.294. The smallest absolute Gasteiger partial charge is 0.120 e. The SMILES string of the molecule is COc1cccc(NC(CN)c2cc(C)cc(C)c2)c1. The third-order valence-corrected chi connectivity index (χ3v) is 3.29. The number of methoxy groups -OCH3 is 1. The van der Waals surface area contributed by atoms with E-state index in [0.29, 0.717) is 6.54 Å². The van der Waals surface area contributed by atoms with Crippen molar-refractivity contribution in [3.05, 3.63) is 59.2 Å². The van der Waals surface area contributed by atoms with E-state index in [0.717, 1.165) is 11.4 Å². The first kappa shape index (κ1) is 14.4. The Morgan fingerprint density at radius 1 is 1.10 bits per heavy atom. The molecule has 0 aliphatic heterocycles. The number of hydrogen-bond acceptors (Lipinski definition) is 3. The van der Waals surface area contributed by atoms with Crippen LogP contribution in [0.15, 0.2) is 42.5 Å². The van der Waals surface area contributed by atoms with Crippen LogP contribution < -0.4 is 15.8 Å². The minimum absolute atomic E-state index is 0.0979. The number of hydrogen-bond donors (Lipinski definition) is 2. The maximum atomic E-state index is 5.93. The van der Waals surface area contributed by atoms with Gasteiger partial charge in [-0.3, -0.25) is 0 Å². The zero-order valence-corrected chi connectivity index (χ0v) is 12.3. The fourth-order valence-electron chi connectivity index (χ4n) is 2.40. The molecule has 3 heteroatoms. The lowest BCUT2D eigenvalue weighted by atomic mass is 10.0. The van der Waals surface area contributed by atoms with Gasteiger partial charge in [-0.1, -0.05) is 35.4 Å². The van der Waals surface area contributed by atoms with E-state index in [1.54, 1.807) is 7.11 Å². The highest BCUT2D eigenvalue weighted by Gasteiger charge is 2.10. The van der Waals surface area contributed by atoms with Crippen molar-refractivity contribution >= 4 is 5.69 Å². The van der Waals surface area contributed by atoms with E-state index >= 15 is 0 Å². The Hall–Kier alpha value is -2.00. The summed E-state index contributed by atoms with van der Waals surface area (Å²) in [6, 6.07) is 14.5. The van der Waals surface area contributed by atoms with Crippen molar-refractivity contribution in [3.8, 4) is 5.75 Å². The normalized spacial score (nSPS) is 12.0. The van der Waals surface area contributed by atoms with Gasteiger partial charge in [-0.05, 0) is 31.5 Å². The highest BCUT2D eigenvalue weighted by atomic mass is 16.5. The predicted octanol–water partition coefficient (Wildman–Crippen LogP) is 3.42. The van der Waals surface area contributed by atoms with E-state index in [1.165, 1.54) is 16.7 Å². The van der Waals surface area contributed by atoms with Gasteiger partial charge < -0.3 is 15.8 Å². The van der Waals surface area contributed by atoms with Gasteiger partial charge >= 0.3 is 0 Å². The minimum atomic E-state index is 0.0979. The Kier molecular flexibility index (Phi) is 4.64. The van der Waals surface area contributed by atoms with Crippen LogP contribution in [-0.4, -0.2) is 13.7 Å². The molecule has 0 saturated heterocycles. The zero-order valence-electron chi connectivity index (χ0n) is 12.3. The third kappa shape index (κ3) is 3.52. The average molecular weight is 270 g/mol. The Balaban J connectivity index is 2.23. The molecule has 106 valence electrons. The summed E-state index contributed by atoms with van der Waals surface area (Å²) in [5, 5.41) is 3.47. The molecule has 20 heavy (non-hydrogen) atoms. The van der Waals surface area contributed by atoms with Gasteiger partial charge in [-0.15, -0.1) is 0 Å². The molecule has 0 radical (unpaired) electrons. The highest BCUT2D eigenvalue weighted by molar-refractivity contribution is 5.50. The van der Waals surface area contributed by atoms with Gasteiger partial charge in [0.25, 0.3) is 0 Å². The average Bonchev–Trinajstić information content (AvgIpc) is 2.44. The van der Waals surface area contributed by atoms with Crippen LogP contribution in [0.4, 0.5) is 5.69 Å². The second-order valence-electron chi connectivity index (χ2n) is 5.09. The molecule has 1 unspecified atom stereocenters. The van der Waals surface area contributed by atoms with Crippen molar-refractivity contribution in [2.45, 2.75) is 19.9 Å². The summed E-state index contributed by atoms with van der Waals surface area (Å²) in [6.07, 6.45) is 0. The molecule has 0 aliphatic carbocycles. The summed E-state index contributed by atoms with van der Waals surface area (Å²) in [5.41, 5.74) is 10.7. The van der Waals surface area contributed by atoms with E-state index in [1.807, 2.05) is 24.3 Å². The van der Waals surface area contributed by atoms with E-state index in [2.05, 4.69) is 37.4 Å². The van der Waals surface area contributed by atoms with Gasteiger partial charge in [0.15, 0.2) is 0 Å². The van der Waals surface area contributed by atoms with Crippen molar-refractivity contribution in [1.82, 2.24) is 0 Å². The highest BCUT2D eigenvalue weighted by Crippen LogP contribution is 2.23. The second kappa shape index (κ2) is 6.44. The first-order valence-corrected chi connectivity index (χ1v) is 6.81. The van der Waals surface area contributed by atoms with Crippen LogP contribution in [-0.2, 0) is 0 Å². The Morgan fingerprint density at radius 3 is 2.40 bits per heavy atom. The van der Waals surface area contributed by atoms with Crippen LogP contribution in [0.25, 0.3) is 0 Å². The molecule has 0 saturated carbocycles. The van der Waals surface area contributed by atoms with Crippen molar-refractivity contribution in [2.24, 2.45) is 5.73 Å². The maximum Gasteiger partial charge on any atom is 0.120 e. The lowest BCUT2D eigenvalue weighted by Crippen LogP contribution is -2.20. The zero-order chi connectivity index (χ0) is 14.5. The molecule has 0 aromatic heterocycles. The Bertz CT molecular complexity index is 561. The van der Waals surface area contributed by atoms with Crippen LogP contribution >= 0.6 is 0 Å².